The molecule has 0 radical (unpaired) electrons. The number of benzene rings is 1. The van der Waals surface area contributed by atoms with Crippen molar-refractivity contribution < 1.29 is 58.4 Å². The van der Waals surface area contributed by atoms with Crippen LogP contribution in [0.3, 0.4) is 0 Å². The number of carbonyl (C=O) groups is 7. The molecule has 5 rings (SSSR count). The molecule has 4 aliphatic heterocycles. The van der Waals surface area contributed by atoms with E-state index < -0.39 is 82.6 Å². The molecule has 4 fully saturated rings. The first-order valence-corrected chi connectivity index (χ1v) is 26.1. The molecule has 408 valence electrons. The Labute approximate surface area is 429 Å². The van der Waals surface area contributed by atoms with Gasteiger partial charge in [0, 0.05) is 46.6 Å². The Morgan fingerprint density at radius 2 is 1.40 bits per heavy atom. The van der Waals surface area contributed by atoms with Crippen LogP contribution in [0.1, 0.15) is 132 Å². The van der Waals surface area contributed by atoms with Crippen LogP contribution in [0.25, 0.3) is 0 Å². The number of amides is 3. The van der Waals surface area contributed by atoms with Gasteiger partial charge in [-0.05, 0) is 123 Å². The first-order chi connectivity index (χ1) is 33.7. The van der Waals surface area contributed by atoms with Gasteiger partial charge < -0.3 is 45.2 Å². The highest BCUT2D eigenvalue weighted by Gasteiger charge is 2.46. The summed E-state index contributed by atoms with van der Waals surface area (Å²) in [5.74, 6) is -4.56. The molecule has 0 saturated carbocycles. The largest absolute Gasteiger partial charge is 0.480 e. The van der Waals surface area contributed by atoms with Crippen LogP contribution < -0.4 is 10.6 Å². The van der Waals surface area contributed by atoms with Crippen molar-refractivity contribution in [3.8, 4) is 0 Å². The summed E-state index contributed by atoms with van der Waals surface area (Å²) in [6.45, 7) is 18.3. The normalized spacial score (nSPS) is 26.2. The predicted octanol–water partition coefficient (Wildman–Crippen LogP) is 5.20. The standard InChI is InChI=1S/C41H66N4O8.C7H13NO2.C6H11NO2/c1-11-27(4)36(44(8)39(49)30(26(2)3)24-34(46)41(6)20-16-21-43(41)7)33(52-9)25-35(47)45-22-15-19-32(45)37(53-10)28(5)38(48)42-31(40(50)51)23-29-17-13-12-14-18-29;1-7(6(9)10)4-3-5-8(7)2;1-6(5(8)9)3-2-4-7-6/h12-14,17-18,26-28,30-33,36-37H,11,15-16,19-25H2,1-10H3,(H,42,48)(H,50,51);3-5H2,1-2H3,(H,9,10);7H,2-4H2,1H3,(H,8,9)/t27-,28+,30-,31-,32-,33+,36-,37+,41+;7-;6-/m011/s1. The van der Waals surface area contributed by atoms with Gasteiger partial charge in [0.1, 0.15) is 17.1 Å². The molecule has 0 spiro atoms. The van der Waals surface area contributed by atoms with Crippen LogP contribution in [-0.2, 0) is 49.5 Å². The lowest BCUT2D eigenvalue weighted by Gasteiger charge is -2.41. The summed E-state index contributed by atoms with van der Waals surface area (Å²) >= 11 is 0. The summed E-state index contributed by atoms with van der Waals surface area (Å²) in [4.78, 5) is 96.3. The van der Waals surface area contributed by atoms with Crippen LogP contribution in [-0.4, -0.2) is 185 Å². The number of methoxy groups -OCH3 is 2. The van der Waals surface area contributed by atoms with Crippen LogP contribution >= 0.6 is 0 Å². The molecule has 72 heavy (non-hydrogen) atoms. The molecule has 4 aliphatic rings. The monoisotopic (exact) mass is 1010 g/mol. The van der Waals surface area contributed by atoms with Crippen molar-refractivity contribution in [1.29, 1.82) is 0 Å². The number of rotatable bonds is 22. The van der Waals surface area contributed by atoms with Crippen LogP contribution in [0.5, 0.6) is 0 Å². The van der Waals surface area contributed by atoms with E-state index in [9.17, 15) is 38.7 Å². The number of ketones is 1. The maximum atomic E-state index is 14.3. The maximum absolute atomic E-state index is 14.3. The Kier molecular flexibility index (Phi) is 23.8. The number of nitrogens with zero attached hydrogens (tertiary/aromatic N) is 4. The van der Waals surface area contributed by atoms with Gasteiger partial charge in [0.05, 0.1) is 42.2 Å². The average Bonchev–Trinajstić information content (AvgIpc) is 4.17. The van der Waals surface area contributed by atoms with Crippen LogP contribution in [0.4, 0.5) is 0 Å². The minimum Gasteiger partial charge on any atom is -0.480 e. The summed E-state index contributed by atoms with van der Waals surface area (Å²) < 4.78 is 11.9. The molecular formula is C54H90N6O12. The van der Waals surface area contributed by atoms with E-state index in [0.29, 0.717) is 13.0 Å². The summed E-state index contributed by atoms with van der Waals surface area (Å²) in [5, 5.41) is 32.9. The lowest BCUT2D eigenvalue weighted by molar-refractivity contribution is -0.149. The van der Waals surface area contributed by atoms with E-state index in [2.05, 4.69) is 22.5 Å². The molecule has 3 amide bonds. The number of likely N-dealkylation sites (N-methyl/N-ethyl adjacent to an activating group) is 3. The first-order valence-electron chi connectivity index (χ1n) is 26.1. The summed E-state index contributed by atoms with van der Waals surface area (Å²) in [5.41, 5.74) is -1.02. The Balaban J connectivity index is 0.000000592. The molecule has 18 heteroatoms. The smallest absolute Gasteiger partial charge is 0.326 e. The Bertz CT molecular complexity index is 1970. The van der Waals surface area contributed by atoms with E-state index in [1.54, 1.807) is 44.7 Å². The van der Waals surface area contributed by atoms with Crippen molar-refractivity contribution in [3.05, 3.63) is 35.9 Å². The highest BCUT2D eigenvalue weighted by Crippen LogP contribution is 2.34. The number of likely N-dealkylation sites (tertiary alicyclic amines) is 3. The molecular weight excluding hydrogens is 925 g/mol. The van der Waals surface area contributed by atoms with Crippen molar-refractivity contribution in [1.82, 2.24) is 30.2 Å². The second-order valence-corrected chi connectivity index (χ2v) is 21.7. The second kappa shape index (κ2) is 27.7. The highest BCUT2D eigenvalue weighted by molar-refractivity contribution is 5.93. The third-order valence-electron chi connectivity index (χ3n) is 16.6. The van der Waals surface area contributed by atoms with E-state index >= 15 is 0 Å². The molecule has 0 aliphatic carbocycles. The van der Waals surface area contributed by atoms with E-state index in [4.69, 9.17) is 19.7 Å². The quantitative estimate of drug-likeness (QED) is 0.100. The van der Waals surface area contributed by atoms with Crippen molar-refractivity contribution >= 4 is 41.4 Å². The van der Waals surface area contributed by atoms with Crippen molar-refractivity contribution in [2.24, 2.45) is 23.7 Å². The summed E-state index contributed by atoms with van der Waals surface area (Å²) in [6, 6.07) is 7.17. The molecule has 11 atom stereocenters. The Morgan fingerprint density at radius 3 is 1.83 bits per heavy atom. The lowest BCUT2D eigenvalue weighted by atomic mass is 9.81. The van der Waals surface area contributed by atoms with E-state index in [1.807, 2.05) is 77.0 Å². The zero-order valence-corrected chi connectivity index (χ0v) is 45.7. The second-order valence-electron chi connectivity index (χ2n) is 21.7. The zero-order valence-electron chi connectivity index (χ0n) is 45.7. The van der Waals surface area contributed by atoms with Gasteiger partial charge in [-0.1, -0.05) is 71.4 Å². The van der Waals surface area contributed by atoms with Gasteiger partial charge in [0.2, 0.25) is 17.7 Å². The average molecular weight is 1020 g/mol. The molecule has 1 aromatic carbocycles. The van der Waals surface area contributed by atoms with E-state index in [-0.39, 0.29) is 48.7 Å². The maximum Gasteiger partial charge on any atom is 0.326 e. The number of nitrogens with one attached hydrogen (secondary N) is 2. The Morgan fingerprint density at radius 1 is 0.806 bits per heavy atom. The van der Waals surface area contributed by atoms with Gasteiger partial charge in [0.15, 0.2) is 5.78 Å². The number of ether oxygens (including phenoxy) is 2. The Hall–Kier alpha value is -4.49. The predicted molar refractivity (Wildman–Crippen MR) is 275 cm³/mol. The zero-order chi connectivity index (χ0) is 54.3. The highest BCUT2D eigenvalue weighted by atomic mass is 16.5. The van der Waals surface area contributed by atoms with Gasteiger partial charge in [-0.25, -0.2) is 4.79 Å². The number of aliphatic carboxylic acids is 3. The number of hydrogen-bond acceptors (Lipinski definition) is 12. The van der Waals surface area contributed by atoms with Crippen LogP contribution in [0.2, 0.25) is 0 Å². The van der Waals surface area contributed by atoms with Gasteiger partial charge in [0.25, 0.3) is 0 Å². The molecule has 1 aromatic rings. The third kappa shape index (κ3) is 15.5. The molecule has 0 bridgehead atoms. The van der Waals surface area contributed by atoms with Crippen molar-refractivity contribution in [3.63, 3.8) is 0 Å². The molecule has 5 N–H and O–H groups in total. The number of carboxylic acids is 3. The van der Waals surface area contributed by atoms with Gasteiger partial charge >= 0.3 is 17.9 Å². The fourth-order valence-corrected chi connectivity index (χ4v) is 10.8. The fourth-order valence-electron chi connectivity index (χ4n) is 10.8. The minimum atomic E-state index is -1.13. The van der Waals surface area contributed by atoms with Gasteiger partial charge in [-0.15, -0.1) is 0 Å². The molecule has 4 saturated heterocycles. The van der Waals surface area contributed by atoms with Crippen LogP contribution in [0, 0.1) is 23.7 Å². The lowest BCUT2D eigenvalue weighted by Crippen LogP contribution is -2.55. The molecule has 18 nitrogen and oxygen atoms in total. The van der Waals surface area contributed by atoms with E-state index in [0.717, 1.165) is 76.6 Å². The number of hydrogen-bond donors (Lipinski definition) is 5. The topological polar surface area (TPSA) is 236 Å². The third-order valence-corrected chi connectivity index (χ3v) is 16.6. The number of Topliss-reactive ketones (excluding diaryl/α,β-unsaturated/α-hetero) is 1. The summed E-state index contributed by atoms with van der Waals surface area (Å²) in [7, 11) is 8.67. The van der Waals surface area contributed by atoms with E-state index in [1.165, 1.54) is 7.11 Å². The molecule has 0 unspecified atom stereocenters. The SMILES string of the molecule is CC[C@H](C)[C@@H]([C@@H](CC(=O)N1CCC[C@H]1[C@H](OC)[C@@H](C)C(=O)N[C@@H](Cc1ccccc1)C(=O)O)OC)N(C)C(=O)[C@@H](CC(=O)[C@@]1(C)CCCN1C)C(C)C.CN1CCC[C@]1(C)C(=O)O.C[C@]1(C(=O)O)CCCN1. The first kappa shape index (κ1) is 61.8. The van der Waals surface area contributed by atoms with Gasteiger partial charge in [-0.3, -0.25) is 38.6 Å². The van der Waals surface area contributed by atoms with Crippen molar-refractivity contribution in [2.75, 3.05) is 61.5 Å². The molecule has 4 heterocycles. The van der Waals surface area contributed by atoms with Crippen LogP contribution in [0.15, 0.2) is 30.3 Å². The minimum absolute atomic E-state index is 0.00780. The molecule has 0 aromatic heterocycles. The van der Waals surface area contributed by atoms with Gasteiger partial charge in [-0.2, -0.15) is 0 Å². The number of carbonyl (C=O) groups excluding carboxylic acids is 4. The fraction of sp³-hybridized carbons (Fsp3) is 0.759. The number of carboxylic acid groups (broad SMARTS) is 3. The summed E-state index contributed by atoms with van der Waals surface area (Å²) in [6.07, 6.45) is 6.34. The van der Waals surface area contributed by atoms with Crippen molar-refractivity contribution in [2.45, 2.75) is 179 Å².